The van der Waals surface area contributed by atoms with Crippen LogP contribution in [0.4, 0.5) is 0 Å². The Balaban J connectivity index is 2.29. The van der Waals surface area contributed by atoms with Crippen LogP contribution in [0, 0.1) is 0 Å². The number of hydrogen-bond acceptors (Lipinski definition) is 4. The number of hydrogen-bond donors (Lipinski definition) is 2. The summed E-state index contributed by atoms with van der Waals surface area (Å²) >= 11 is 0. The summed E-state index contributed by atoms with van der Waals surface area (Å²) in [5.41, 5.74) is 5.70. The van der Waals surface area contributed by atoms with Crippen molar-refractivity contribution in [1.82, 2.24) is 4.31 Å². The summed E-state index contributed by atoms with van der Waals surface area (Å²) in [5, 5.41) is 21.4. The topological polar surface area (TPSA) is 77.8 Å². The van der Waals surface area contributed by atoms with Crippen molar-refractivity contribution in [2.45, 2.75) is 91.9 Å². The number of aromatic hydroxyl groups is 2. The summed E-state index contributed by atoms with van der Waals surface area (Å²) < 4.78 is 26.8. The minimum Gasteiger partial charge on any atom is -0.507 e. The van der Waals surface area contributed by atoms with Crippen LogP contribution < -0.4 is 0 Å². The van der Waals surface area contributed by atoms with Crippen LogP contribution in [0.15, 0.2) is 24.3 Å². The van der Waals surface area contributed by atoms with Gasteiger partial charge in [0.15, 0.2) is 0 Å². The van der Waals surface area contributed by atoms with E-state index in [9.17, 15) is 18.6 Å². The zero-order valence-electron chi connectivity index (χ0n) is 23.0. The highest BCUT2D eigenvalue weighted by molar-refractivity contribution is 7.88. The van der Waals surface area contributed by atoms with E-state index >= 15 is 0 Å². The van der Waals surface area contributed by atoms with Crippen molar-refractivity contribution in [2.75, 3.05) is 19.3 Å². The predicted molar refractivity (Wildman–Crippen MR) is 146 cm³/mol. The minimum absolute atomic E-state index is 0.179. The van der Waals surface area contributed by atoms with Crippen molar-refractivity contribution in [1.29, 1.82) is 0 Å². The molecule has 0 aliphatic rings. The molecule has 196 valence electrons. The molecule has 0 saturated carbocycles. The van der Waals surface area contributed by atoms with Gasteiger partial charge in [0.1, 0.15) is 11.5 Å². The van der Waals surface area contributed by atoms with Gasteiger partial charge in [-0.25, -0.2) is 12.7 Å². The van der Waals surface area contributed by atoms with Crippen LogP contribution in [0.2, 0.25) is 0 Å². The molecule has 0 aliphatic heterocycles. The first-order valence-electron chi connectivity index (χ1n) is 12.8. The Kier molecular flexibility index (Phi) is 9.83. The van der Waals surface area contributed by atoms with E-state index in [-0.39, 0.29) is 23.7 Å². The van der Waals surface area contributed by atoms with Crippen molar-refractivity contribution >= 4 is 10.0 Å². The lowest BCUT2D eigenvalue weighted by atomic mass is 9.90. The highest BCUT2D eigenvalue weighted by Crippen LogP contribution is 2.36. The van der Waals surface area contributed by atoms with Crippen molar-refractivity contribution < 1.29 is 18.6 Å². The van der Waals surface area contributed by atoms with Gasteiger partial charge in [-0.15, -0.1) is 0 Å². The summed E-state index contributed by atoms with van der Waals surface area (Å²) in [6.07, 6.45) is 2.42. The number of benzene rings is 2. The fourth-order valence-corrected chi connectivity index (χ4v) is 5.34. The molecule has 0 amide bonds. The first-order valence-corrected chi connectivity index (χ1v) is 14.6. The quantitative estimate of drug-likeness (QED) is 0.360. The van der Waals surface area contributed by atoms with E-state index < -0.39 is 10.0 Å². The number of phenolic OH excluding ortho intramolecular Hbond substituents is 2. The molecule has 0 aliphatic carbocycles. The Hall–Kier alpha value is -2.05. The molecule has 2 aromatic rings. The molecule has 6 heteroatoms. The number of phenols is 2. The molecular weight excluding hydrogens is 458 g/mol. The van der Waals surface area contributed by atoms with Crippen LogP contribution in [0.5, 0.6) is 11.5 Å². The molecule has 0 spiro atoms. The maximum absolute atomic E-state index is 12.6. The van der Waals surface area contributed by atoms with Gasteiger partial charge in [0.25, 0.3) is 0 Å². The van der Waals surface area contributed by atoms with Gasteiger partial charge in [-0.3, -0.25) is 0 Å². The molecule has 2 aromatic carbocycles. The lowest BCUT2D eigenvalue weighted by molar-refractivity contribution is 0.419. The smallest absolute Gasteiger partial charge is 0.211 e. The Morgan fingerprint density at radius 3 is 1.09 bits per heavy atom. The maximum Gasteiger partial charge on any atom is 0.211 e. The first-order chi connectivity index (χ1) is 16.1. The average molecular weight is 504 g/mol. The lowest BCUT2D eigenvalue weighted by Gasteiger charge is -2.23. The maximum atomic E-state index is 12.6. The Labute approximate surface area is 213 Å². The standard InChI is InChI=1S/C29H45NO4S/c1-18(2)24-14-22(15-25(19(3)4)28(24)31)10-12-30(35(9,33)34)13-11-23-16-26(20(5)6)29(32)27(17-23)21(7)8/h14-21,31-32H,10-13H2,1-9H3. The van der Waals surface area contributed by atoms with Crippen LogP contribution in [-0.2, 0) is 22.9 Å². The molecule has 0 aromatic heterocycles. The molecule has 0 bridgehead atoms. The fourth-order valence-electron chi connectivity index (χ4n) is 4.49. The van der Waals surface area contributed by atoms with Gasteiger partial charge in [-0.2, -0.15) is 0 Å². The second kappa shape index (κ2) is 11.8. The second-order valence-corrected chi connectivity index (χ2v) is 13.0. The zero-order valence-corrected chi connectivity index (χ0v) is 23.8. The van der Waals surface area contributed by atoms with E-state index in [1.807, 2.05) is 24.3 Å². The van der Waals surface area contributed by atoms with E-state index in [2.05, 4.69) is 55.4 Å². The van der Waals surface area contributed by atoms with Crippen LogP contribution in [0.1, 0.15) is 112 Å². The van der Waals surface area contributed by atoms with Gasteiger partial charge in [-0.1, -0.05) is 79.7 Å². The molecule has 0 unspecified atom stereocenters. The van der Waals surface area contributed by atoms with E-state index in [0.717, 1.165) is 33.4 Å². The van der Waals surface area contributed by atoms with Gasteiger partial charge >= 0.3 is 0 Å². The monoisotopic (exact) mass is 503 g/mol. The zero-order chi connectivity index (χ0) is 26.7. The van der Waals surface area contributed by atoms with Crippen molar-refractivity contribution in [3.05, 3.63) is 57.6 Å². The van der Waals surface area contributed by atoms with Gasteiger partial charge in [0.05, 0.1) is 6.26 Å². The van der Waals surface area contributed by atoms with Gasteiger partial charge in [0, 0.05) is 13.1 Å². The number of sulfonamides is 1. The molecule has 2 N–H and O–H groups in total. The van der Waals surface area contributed by atoms with Gasteiger partial charge in [0.2, 0.25) is 10.0 Å². The Morgan fingerprint density at radius 1 is 0.629 bits per heavy atom. The lowest BCUT2D eigenvalue weighted by Crippen LogP contribution is -2.34. The molecule has 35 heavy (non-hydrogen) atoms. The summed E-state index contributed by atoms with van der Waals surface area (Å²) in [6, 6.07) is 8.04. The third kappa shape index (κ3) is 7.47. The Morgan fingerprint density at radius 2 is 0.886 bits per heavy atom. The van der Waals surface area contributed by atoms with Gasteiger partial charge < -0.3 is 10.2 Å². The average Bonchev–Trinajstić information content (AvgIpc) is 2.73. The molecule has 0 saturated heterocycles. The van der Waals surface area contributed by atoms with E-state index in [4.69, 9.17) is 0 Å². The predicted octanol–water partition coefficient (Wildman–Crippen LogP) is 6.64. The van der Waals surface area contributed by atoms with Crippen LogP contribution >= 0.6 is 0 Å². The fraction of sp³-hybridized carbons (Fsp3) is 0.586. The van der Waals surface area contributed by atoms with Gasteiger partial charge in [-0.05, 0) is 69.9 Å². The third-order valence-corrected chi connectivity index (χ3v) is 8.02. The van der Waals surface area contributed by atoms with Crippen molar-refractivity contribution in [3.8, 4) is 11.5 Å². The van der Waals surface area contributed by atoms with E-state index in [1.54, 1.807) is 4.31 Å². The van der Waals surface area contributed by atoms with Crippen LogP contribution in [0.3, 0.4) is 0 Å². The summed E-state index contributed by atoms with van der Waals surface area (Å²) in [6.45, 7) is 17.2. The highest BCUT2D eigenvalue weighted by atomic mass is 32.2. The molecule has 0 heterocycles. The third-order valence-electron chi connectivity index (χ3n) is 6.71. The molecule has 0 radical (unpaired) electrons. The number of nitrogens with zero attached hydrogens (tertiary/aromatic N) is 1. The number of rotatable bonds is 11. The minimum atomic E-state index is -3.39. The normalized spacial score (nSPS) is 12.6. The Bertz CT molecular complexity index is 986. The van der Waals surface area contributed by atoms with Crippen LogP contribution in [0.25, 0.3) is 0 Å². The van der Waals surface area contributed by atoms with Crippen molar-refractivity contribution in [3.63, 3.8) is 0 Å². The van der Waals surface area contributed by atoms with E-state index in [0.29, 0.717) is 37.4 Å². The molecule has 0 atom stereocenters. The first kappa shape index (κ1) is 29.2. The molecule has 5 nitrogen and oxygen atoms in total. The highest BCUT2D eigenvalue weighted by Gasteiger charge is 2.20. The second-order valence-electron chi connectivity index (χ2n) is 11.0. The molecule has 0 fully saturated rings. The SMILES string of the molecule is CC(C)c1cc(CCN(CCc2cc(C(C)C)c(O)c(C(C)C)c2)S(C)(=O)=O)cc(C(C)C)c1O. The summed E-state index contributed by atoms with van der Waals surface area (Å²) in [4.78, 5) is 0. The molecule has 2 rings (SSSR count). The van der Waals surface area contributed by atoms with Crippen LogP contribution in [-0.4, -0.2) is 42.3 Å². The summed E-state index contributed by atoms with van der Waals surface area (Å²) in [5.74, 6) is 1.42. The summed E-state index contributed by atoms with van der Waals surface area (Å²) in [7, 11) is -3.39. The van der Waals surface area contributed by atoms with Crippen molar-refractivity contribution in [2.24, 2.45) is 0 Å². The molecular formula is C29H45NO4S. The van der Waals surface area contributed by atoms with E-state index in [1.165, 1.54) is 6.26 Å². The largest absolute Gasteiger partial charge is 0.507 e.